The largest absolute Gasteiger partial charge is 0.0985 e. The lowest BCUT2D eigenvalue weighted by atomic mass is 10.2. The lowest BCUT2D eigenvalue weighted by molar-refractivity contribution is 1.24. The van der Waals surface area contributed by atoms with Crippen LogP contribution in [0.3, 0.4) is 0 Å². The number of rotatable bonds is 15. The third-order valence-electron chi connectivity index (χ3n) is 8.64. The van der Waals surface area contributed by atoms with Gasteiger partial charge in [0.15, 0.2) is 0 Å². The van der Waals surface area contributed by atoms with Gasteiger partial charge in [0.1, 0.15) is 0 Å². The minimum absolute atomic E-state index is 1.24. The van der Waals surface area contributed by atoms with Gasteiger partial charge in [0, 0.05) is 32.3 Å². The van der Waals surface area contributed by atoms with E-state index in [1.165, 1.54) is 28.9 Å². The second-order valence-corrected chi connectivity index (χ2v) is 50.5. The first kappa shape index (κ1) is 35.4. The third kappa shape index (κ3) is 11.1. The maximum atomic E-state index is 4.04. The van der Waals surface area contributed by atoms with Crippen LogP contribution in [-0.2, 0) is 0 Å². The third-order valence-corrected chi connectivity index (χ3v) is 43.6. The van der Waals surface area contributed by atoms with Crippen LogP contribution in [0.4, 0.5) is 0 Å². The lowest BCUT2D eigenvalue weighted by Gasteiger charge is -2.45. The number of hydrogen-bond acceptors (Lipinski definition) is 0. The van der Waals surface area contributed by atoms with Gasteiger partial charge in [-0.15, -0.1) is 0 Å². The van der Waals surface area contributed by atoms with Crippen molar-refractivity contribution >= 4 is 71.0 Å². The molecule has 0 spiro atoms. The SMILES string of the molecule is C=Cc1ccc([Si](C)(C)C[Si](C)(C)CC[Si](C)(C)C[Si](C[Si](C)(C)C)(C[Si](C)(C)C)c2ccc(C=C)cc2)cc1. The van der Waals surface area contributed by atoms with Crippen molar-refractivity contribution in [3.05, 3.63) is 72.8 Å². The summed E-state index contributed by atoms with van der Waals surface area (Å²) in [6, 6.07) is 22.2. The molecule has 0 heterocycles. The highest BCUT2D eigenvalue weighted by Crippen LogP contribution is 2.38. The molecule has 222 valence electrons. The monoisotopic (exact) mass is 638 g/mol. The van der Waals surface area contributed by atoms with Gasteiger partial charge in [-0.2, -0.15) is 0 Å². The molecule has 0 aliphatic carbocycles. The molecular formula is C34H62Si6. The zero-order valence-electron chi connectivity index (χ0n) is 28.4. The molecule has 6 heteroatoms. The molecule has 0 unspecified atom stereocenters. The Hall–Kier alpha value is -0.779. The van der Waals surface area contributed by atoms with E-state index < -0.39 is 48.4 Å². The Morgan fingerprint density at radius 2 is 0.825 bits per heavy atom. The summed E-state index contributed by atoms with van der Waals surface area (Å²) in [6.45, 7) is 39.9. The van der Waals surface area contributed by atoms with Gasteiger partial charge in [0.2, 0.25) is 0 Å². The van der Waals surface area contributed by atoms with Gasteiger partial charge in [-0.1, -0.05) is 198 Å². The van der Waals surface area contributed by atoms with Crippen molar-refractivity contribution < 1.29 is 0 Å². The van der Waals surface area contributed by atoms with Crippen LogP contribution in [0.25, 0.3) is 12.2 Å². The predicted molar refractivity (Wildman–Crippen MR) is 206 cm³/mol. The fourth-order valence-corrected chi connectivity index (χ4v) is 57.7. The summed E-state index contributed by atoms with van der Waals surface area (Å²) in [5.74, 6) is 0. The van der Waals surface area contributed by atoms with Crippen LogP contribution in [0.2, 0.25) is 113 Å². The molecule has 0 bridgehead atoms. The maximum Gasteiger partial charge on any atom is 0.0790 e. The molecule has 0 nitrogen and oxygen atoms in total. The Balaban J connectivity index is 2.35. The van der Waals surface area contributed by atoms with E-state index in [9.17, 15) is 0 Å². The van der Waals surface area contributed by atoms with Crippen molar-refractivity contribution in [2.24, 2.45) is 0 Å². The molecule has 2 aromatic rings. The Kier molecular flexibility index (Phi) is 11.7. The zero-order valence-corrected chi connectivity index (χ0v) is 34.4. The number of benzene rings is 2. The molecule has 0 amide bonds. The molecule has 0 aliphatic heterocycles. The minimum atomic E-state index is -1.65. The minimum Gasteiger partial charge on any atom is -0.0985 e. The first-order chi connectivity index (χ1) is 18.1. The van der Waals surface area contributed by atoms with E-state index in [0.717, 1.165) is 0 Å². The number of hydrogen-bond donors (Lipinski definition) is 0. The maximum absolute atomic E-state index is 4.04. The fraction of sp³-hybridized carbons (Fsp3) is 0.529. The van der Waals surface area contributed by atoms with Gasteiger partial charge < -0.3 is 0 Å². The van der Waals surface area contributed by atoms with Crippen LogP contribution in [0.15, 0.2) is 61.7 Å². The summed E-state index contributed by atoms with van der Waals surface area (Å²) < 4.78 is 0. The van der Waals surface area contributed by atoms with Gasteiger partial charge in [-0.25, -0.2) is 0 Å². The second-order valence-electron chi connectivity index (χ2n) is 17.5. The van der Waals surface area contributed by atoms with E-state index in [0.29, 0.717) is 0 Å². The second kappa shape index (κ2) is 13.2. The van der Waals surface area contributed by atoms with Crippen LogP contribution in [0.1, 0.15) is 11.1 Å². The van der Waals surface area contributed by atoms with Crippen molar-refractivity contribution in [2.45, 2.75) is 113 Å². The van der Waals surface area contributed by atoms with Crippen molar-refractivity contribution in [3.63, 3.8) is 0 Å². The summed E-state index contributed by atoms with van der Waals surface area (Å²) in [6.07, 6.45) is 3.97. The highest BCUT2D eigenvalue weighted by Gasteiger charge is 2.46. The van der Waals surface area contributed by atoms with E-state index in [-0.39, 0.29) is 0 Å². The van der Waals surface area contributed by atoms with Crippen molar-refractivity contribution in [3.8, 4) is 0 Å². The predicted octanol–water partition coefficient (Wildman–Crippen LogP) is 10.5. The first-order valence-corrected chi connectivity index (χ1v) is 35.6. The molecule has 0 atom stereocenters. The molecule has 0 aliphatic rings. The smallest absolute Gasteiger partial charge is 0.0790 e. The molecule has 0 N–H and O–H groups in total. The average molecular weight is 639 g/mol. The highest BCUT2D eigenvalue weighted by molar-refractivity contribution is 7.14. The van der Waals surface area contributed by atoms with Gasteiger partial charge in [0.25, 0.3) is 0 Å². The molecule has 40 heavy (non-hydrogen) atoms. The van der Waals surface area contributed by atoms with E-state index in [1.54, 1.807) is 27.4 Å². The van der Waals surface area contributed by atoms with Crippen molar-refractivity contribution in [1.82, 2.24) is 0 Å². The van der Waals surface area contributed by atoms with Crippen LogP contribution in [0, 0.1) is 0 Å². The lowest BCUT2D eigenvalue weighted by Crippen LogP contribution is -2.60. The summed E-state index contributed by atoms with van der Waals surface area (Å²) in [4.78, 5) is 0. The van der Waals surface area contributed by atoms with E-state index in [1.807, 2.05) is 12.2 Å². The van der Waals surface area contributed by atoms with Crippen LogP contribution < -0.4 is 10.4 Å². The standard InChI is InChI=1S/C34H62Si6/c1-15-31-17-21-33(22-18-31)39(13,14)29-37(9,10)25-26-38(11,12)30-40(27-35(3,4)5,28-36(6,7)8)34-23-19-32(16-2)20-24-34/h15-24H,1-2,25-30H2,3-14H3. The van der Waals surface area contributed by atoms with E-state index in [4.69, 9.17) is 0 Å². The molecule has 0 radical (unpaired) electrons. The molecule has 0 saturated heterocycles. The normalized spacial score (nSPS) is 13.8. The van der Waals surface area contributed by atoms with Crippen LogP contribution in [0.5, 0.6) is 0 Å². The quantitative estimate of drug-likeness (QED) is 0.170. The topological polar surface area (TPSA) is 0 Å². The summed E-state index contributed by atoms with van der Waals surface area (Å²) in [5, 5.41) is 3.38. The molecule has 2 aromatic carbocycles. The molecular weight excluding hydrogens is 577 g/mol. The van der Waals surface area contributed by atoms with Crippen molar-refractivity contribution in [2.75, 3.05) is 0 Å². The van der Waals surface area contributed by atoms with Gasteiger partial charge in [0.05, 0.1) is 16.1 Å². The zero-order chi connectivity index (χ0) is 30.6. The summed E-state index contributed by atoms with van der Waals surface area (Å²) in [5.41, 5.74) is 8.68. The molecule has 0 aromatic heterocycles. The molecule has 2 rings (SSSR count). The first-order valence-electron chi connectivity index (χ1n) is 15.6. The van der Waals surface area contributed by atoms with Crippen LogP contribution >= 0.6 is 0 Å². The van der Waals surface area contributed by atoms with Crippen LogP contribution in [-0.4, -0.2) is 48.4 Å². The highest BCUT2D eigenvalue weighted by atomic mass is 28.4. The fourth-order valence-electron chi connectivity index (χ4n) is 7.64. The Bertz CT molecular complexity index is 1100. The van der Waals surface area contributed by atoms with Gasteiger partial charge in [-0.3, -0.25) is 0 Å². The van der Waals surface area contributed by atoms with Gasteiger partial charge >= 0.3 is 0 Å². The Morgan fingerprint density at radius 1 is 0.475 bits per heavy atom. The average Bonchev–Trinajstić information content (AvgIpc) is 2.80. The summed E-state index contributed by atoms with van der Waals surface area (Å²) in [7, 11) is -8.30. The Morgan fingerprint density at radius 3 is 1.18 bits per heavy atom. The Labute approximate surface area is 255 Å². The van der Waals surface area contributed by atoms with E-state index in [2.05, 4.69) is 140 Å². The summed E-state index contributed by atoms with van der Waals surface area (Å²) >= 11 is 0. The molecule has 0 fully saturated rings. The molecule has 0 saturated carbocycles. The van der Waals surface area contributed by atoms with E-state index >= 15 is 0 Å². The van der Waals surface area contributed by atoms with Gasteiger partial charge in [-0.05, 0) is 11.1 Å². The van der Waals surface area contributed by atoms with Crippen molar-refractivity contribution in [1.29, 1.82) is 0 Å².